The predicted molar refractivity (Wildman–Crippen MR) is 67.6 cm³/mol. The molecule has 5 nitrogen and oxygen atoms in total. The van der Waals surface area contributed by atoms with Crippen molar-refractivity contribution >= 4 is 24.4 Å². The number of hydrogen-bond acceptors (Lipinski definition) is 4. The summed E-state index contributed by atoms with van der Waals surface area (Å²) < 4.78 is 0. The Hall–Kier alpha value is -0.750. The van der Waals surface area contributed by atoms with Crippen molar-refractivity contribution in [3.63, 3.8) is 0 Å². The standard InChI is InChI=1S/C10H21N3O2S/c1-3-11-5-4-6-12-10(15)9(7-16)13-8(2)14/h9,11,16H,3-7H2,1-2H3,(H,12,15)(H,13,14). The molecule has 94 valence electrons. The Morgan fingerprint density at radius 2 is 2.00 bits per heavy atom. The normalized spacial score (nSPS) is 11.9. The lowest BCUT2D eigenvalue weighted by Crippen LogP contribution is -2.47. The van der Waals surface area contributed by atoms with E-state index in [9.17, 15) is 9.59 Å². The van der Waals surface area contributed by atoms with Gasteiger partial charge in [0.25, 0.3) is 0 Å². The second kappa shape index (κ2) is 9.47. The van der Waals surface area contributed by atoms with Gasteiger partial charge in [-0.25, -0.2) is 0 Å². The van der Waals surface area contributed by atoms with Gasteiger partial charge < -0.3 is 16.0 Å². The summed E-state index contributed by atoms with van der Waals surface area (Å²) in [6.07, 6.45) is 0.874. The molecular weight excluding hydrogens is 226 g/mol. The molecule has 3 N–H and O–H groups in total. The molecule has 0 fully saturated rings. The Kier molecular flexibility index (Phi) is 9.03. The molecule has 0 heterocycles. The number of amides is 2. The summed E-state index contributed by atoms with van der Waals surface area (Å²) >= 11 is 4.02. The lowest BCUT2D eigenvalue weighted by molar-refractivity contribution is -0.127. The van der Waals surface area contributed by atoms with E-state index < -0.39 is 6.04 Å². The lowest BCUT2D eigenvalue weighted by atomic mass is 10.3. The first-order chi connectivity index (χ1) is 7.61. The number of rotatable bonds is 8. The fourth-order valence-electron chi connectivity index (χ4n) is 1.16. The van der Waals surface area contributed by atoms with Crippen LogP contribution in [0.4, 0.5) is 0 Å². The first kappa shape index (κ1) is 15.2. The third kappa shape index (κ3) is 7.53. The van der Waals surface area contributed by atoms with Gasteiger partial charge in [-0.15, -0.1) is 0 Å². The highest BCUT2D eigenvalue weighted by molar-refractivity contribution is 7.80. The van der Waals surface area contributed by atoms with Gasteiger partial charge in [0, 0.05) is 19.2 Å². The van der Waals surface area contributed by atoms with E-state index in [0.29, 0.717) is 12.3 Å². The monoisotopic (exact) mass is 247 g/mol. The average molecular weight is 247 g/mol. The molecule has 0 aliphatic rings. The van der Waals surface area contributed by atoms with Gasteiger partial charge in [0.05, 0.1) is 0 Å². The molecule has 16 heavy (non-hydrogen) atoms. The Labute approximate surface area is 102 Å². The van der Waals surface area contributed by atoms with E-state index in [1.54, 1.807) is 0 Å². The highest BCUT2D eigenvalue weighted by Crippen LogP contribution is 1.89. The van der Waals surface area contributed by atoms with E-state index in [1.165, 1.54) is 6.92 Å². The summed E-state index contributed by atoms with van der Waals surface area (Å²) in [5, 5.41) is 8.46. The molecule has 0 spiro atoms. The van der Waals surface area contributed by atoms with Crippen LogP contribution < -0.4 is 16.0 Å². The summed E-state index contributed by atoms with van der Waals surface area (Å²) in [5.41, 5.74) is 0. The molecule has 0 aromatic carbocycles. The van der Waals surface area contributed by atoms with Gasteiger partial charge in [0.2, 0.25) is 11.8 Å². The van der Waals surface area contributed by atoms with Crippen molar-refractivity contribution in [3.05, 3.63) is 0 Å². The van der Waals surface area contributed by atoms with Crippen LogP contribution in [-0.2, 0) is 9.59 Å². The fourth-order valence-corrected chi connectivity index (χ4v) is 1.42. The molecule has 2 amide bonds. The maximum Gasteiger partial charge on any atom is 0.243 e. The molecule has 0 saturated carbocycles. The van der Waals surface area contributed by atoms with Gasteiger partial charge in [-0.2, -0.15) is 12.6 Å². The first-order valence-electron chi connectivity index (χ1n) is 5.48. The zero-order chi connectivity index (χ0) is 12.4. The molecule has 0 aromatic rings. The van der Waals surface area contributed by atoms with Crippen LogP contribution in [0, 0.1) is 0 Å². The third-order valence-electron chi connectivity index (χ3n) is 1.96. The second-order valence-corrected chi connectivity index (χ2v) is 3.80. The Morgan fingerprint density at radius 1 is 1.31 bits per heavy atom. The van der Waals surface area contributed by atoms with Crippen LogP contribution in [0.5, 0.6) is 0 Å². The van der Waals surface area contributed by atoms with E-state index in [4.69, 9.17) is 0 Å². The van der Waals surface area contributed by atoms with Gasteiger partial charge >= 0.3 is 0 Å². The van der Waals surface area contributed by atoms with Crippen LogP contribution in [0.2, 0.25) is 0 Å². The van der Waals surface area contributed by atoms with Gasteiger partial charge in [-0.05, 0) is 19.5 Å². The molecule has 0 bridgehead atoms. The molecule has 0 aromatic heterocycles. The lowest BCUT2D eigenvalue weighted by Gasteiger charge is -2.15. The van der Waals surface area contributed by atoms with Crippen molar-refractivity contribution < 1.29 is 9.59 Å². The Bertz CT molecular complexity index is 224. The molecule has 0 rings (SSSR count). The molecule has 1 unspecified atom stereocenters. The van der Waals surface area contributed by atoms with E-state index >= 15 is 0 Å². The van der Waals surface area contributed by atoms with Crippen LogP contribution in [0.3, 0.4) is 0 Å². The van der Waals surface area contributed by atoms with E-state index in [0.717, 1.165) is 19.5 Å². The van der Waals surface area contributed by atoms with Crippen LogP contribution >= 0.6 is 12.6 Å². The summed E-state index contributed by atoms with van der Waals surface area (Å²) in [6, 6.07) is -0.542. The van der Waals surface area contributed by atoms with Crippen molar-refractivity contribution in [2.75, 3.05) is 25.4 Å². The van der Waals surface area contributed by atoms with Crippen LogP contribution in [0.25, 0.3) is 0 Å². The number of nitrogens with one attached hydrogen (secondary N) is 3. The SMILES string of the molecule is CCNCCCNC(=O)C(CS)NC(C)=O. The molecule has 0 saturated heterocycles. The number of carbonyl (C=O) groups is 2. The minimum Gasteiger partial charge on any atom is -0.354 e. The van der Waals surface area contributed by atoms with E-state index in [-0.39, 0.29) is 11.8 Å². The summed E-state index contributed by atoms with van der Waals surface area (Å²) in [4.78, 5) is 22.3. The fraction of sp³-hybridized carbons (Fsp3) is 0.800. The van der Waals surface area contributed by atoms with Gasteiger partial charge in [-0.1, -0.05) is 6.92 Å². The minimum atomic E-state index is -0.542. The number of thiol groups is 1. The van der Waals surface area contributed by atoms with Crippen molar-refractivity contribution in [1.29, 1.82) is 0 Å². The van der Waals surface area contributed by atoms with Crippen LogP contribution in [0.15, 0.2) is 0 Å². The van der Waals surface area contributed by atoms with Crippen molar-refractivity contribution in [1.82, 2.24) is 16.0 Å². The van der Waals surface area contributed by atoms with Gasteiger partial charge in [0.15, 0.2) is 0 Å². The minimum absolute atomic E-state index is 0.179. The Morgan fingerprint density at radius 3 is 2.50 bits per heavy atom. The molecule has 0 aliphatic carbocycles. The maximum absolute atomic E-state index is 11.5. The van der Waals surface area contributed by atoms with E-state index in [2.05, 4.69) is 28.6 Å². The zero-order valence-corrected chi connectivity index (χ0v) is 10.8. The molecule has 6 heteroatoms. The third-order valence-corrected chi connectivity index (χ3v) is 2.32. The molecular formula is C10H21N3O2S. The Balaban J connectivity index is 3.71. The van der Waals surface area contributed by atoms with Gasteiger partial charge in [-0.3, -0.25) is 9.59 Å². The van der Waals surface area contributed by atoms with E-state index in [1.807, 2.05) is 6.92 Å². The smallest absolute Gasteiger partial charge is 0.243 e. The highest BCUT2D eigenvalue weighted by atomic mass is 32.1. The molecule has 0 aliphatic heterocycles. The average Bonchev–Trinajstić information content (AvgIpc) is 2.25. The van der Waals surface area contributed by atoms with Crippen molar-refractivity contribution in [2.24, 2.45) is 0 Å². The number of carbonyl (C=O) groups excluding carboxylic acids is 2. The van der Waals surface area contributed by atoms with Gasteiger partial charge in [0.1, 0.15) is 6.04 Å². The van der Waals surface area contributed by atoms with Crippen molar-refractivity contribution in [3.8, 4) is 0 Å². The van der Waals surface area contributed by atoms with Crippen molar-refractivity contribution in [2.45, 2.75) is 26.3 Å². The molecule has 0 radical (unpaired) electrons. The summed E-state index contributed by atoms with van der Waals surface area (Å²) in [7, 11) is 0. The summed E-state index contributed by atoms with van der Waals surface area (Å²) in [5.74, 6) is -0.0953. The quantitative estimate of drug-likeness (QED) is 0.346. The highest BCUT2D eigenvalue weighted by Gasteiger charge is 2.16. The largest absolute Gasteiger partial charge is 0.354 e. The first-order valence-corrected chi connectivity index (χ1v) is 6.11. The maximum atomic E-state index is 11.5. The molecule has 1 atom stereocenters. The van der Waals surface area contributed by atoms with Crippen LogP contribution in [-0.4, -0.2) is 43.2 Å². The summed E-state index contributed by atoms with van der Waals surface area (Å²) in [6.45, 7) is 5.83. The topological polar surface area (TPSA) is 70.2 Å². The predicted octanol–water partition coefficient (Wildman–Crippen LogP) is -0.463. The number of hydrogen-bond donors (Lipinski definition) is 4. The zero-order valence-electron chi connectivity index (χ0n) is 9.88. The second-order valence-electron chi connectivity index (χ2n) is 3.43. The van der Waals surface area contributed by atoms with Crippen LogP contribution in [0.1, 0.15) is 20.3 Å².